The van der Waals surface area contributed by atoms with E-state index in [2.05, 4.69) is 30.9 Å². The van der Waals surface area contributed by atoms with Gasteiger partial charge in [0.15, 0.2) is 0 Å². The van der Waals surface area contributed by atoms with E-state index in [0.29, 0.717) is 5.82 Å². The molecule has 1 aromatic carbocycles. The van der Waals surface area contributed by atoms with Gasteiger partial charge in [-0.1, -0.05) is 23.2 Å². The van der Waals surface area contributed by atoms with Gasteiger partial charge in [-0.2, -0.15) is 13.2 Å². The summed E-state index contributed by atoms with van der Waals surface area (Å²) in [6, 6.07) is 4.73. The number of anilines is 2. The normalized spacial score (nSPS) is 17.2. The number of aryl methyl sites for hydroxylation is 1. The third-order valence-corrected chi connectivity index (χ3v) is 6.31. The predicted molar refractivity (Wildman–Crippen MR) is 133 cm³/mol. The SMILES string of the molecule is Cc1ncc(C(=O)NC2(C(=O)NCc3ncc(Nc4ccc(Cl)cc4C(F)(F)F)cc3Cl)CCOC2)cn1. The van der Waals surface area contributed by atoms with E-state index >= 15 is 0 Å². The fourth-order valence-corrected chi connectivity index (χ4v) is 4.12. The Morgan fingerprint density at radius 1 is 1.11 bits per heavy atom. The van der Waals surface area contributed by atoms with Gasteiger partial charge in [0.05, 0.1) is 52.6 Å². The predicted octanol–water partition coefficient (Wildman–Crippen LogP) is 4.45. The van der Waals surface area contributed by atoms with Gasteiger partial charge in [-0.3, -0.25) is 14.6 Å². The number of halogens is 5. The molecule has 1 aliphatic rings. The maximum Gasteiger partial charge on any atom is 0.418 e. The van der Waals surface area contributed by atoms with E-state index in [-0.39, 0.29) is 58.9 Å². The minimum Gasteiger partial charge on any atom is -0.378 e. The standard InChI is InChI=1S/C24H21Cl2F3N6O3/c1-13-30-8-14(9-31-13)21(36)35-23(4-5-38-12-23)22(37)33-11-20-18(26)7-16(10-32-20)34-19-3-2-15(25)6-17(19)24(27,28)29/h2-3,6-10,34H,4-5,11-12H2,1H3,(H,33,37)(H,35,36). The molecule has 4 rings (SSSR count). The van der Waals surface area contributed by atoms with Crippen molar-refractivity contribution in [1.82, 2.24) is 25.6 Å². The van der Waals surface area contributed by atoms with E-state index in [9.17, 15) is 22.8 Å². The van der Waals surface area contributed by atoms with Crippen LogP contribution < -0.4 is 16.0 Å². The van der Waals surface area contributed by atoms with E-state index in [1.807, 2.05) is 0 Å². The Kier molecular flexibility index (Phi) is 8.05. The van der Waals surface area contributed by atoms with Crippen LogP contribution in [0.25, 0.3) is 0 Å². The molecule has 1 saturated heterocycles. The lowest BCUT2D eigenvalue weighted by atomic mass is 9.96. The lowest BCUT2D eigenvalue weighted by Crippen LogP contribution is -2.59. The number of hydrogen-bond acceptors (Lipinski definition) is 7. The molecule has 1 unspecified atom stereocenters. The Labute approximate surface area is 225 Å². The molecule has 0 aliphatic carbocycles. The van der Waals surface area contributed by atoms with Crippen LogP contribution in [0.3, 0.4) is 0 Å². The molecule has 200 valence electrons. The van der Waals surface area contributed by atoms with Gasteiger partial charge in [0.1, 0.15) is 11.4 Å². The molecule has 38 heavy (non-hydrogen) atoms. The third-order valence-electron chi connectivity index (χ3n) is 5.75. The van der Waals surface area contributed by atoms with Gasteiger partial charge in [-0.15, -0.1) is 0 Å². The Balaban J connectivity index is 1.44. The summed E-state index contributed by atoms with van der Waals surface area (Å²) in [6.45, 7) is 1.81. The summed E-state index contributed by atoms with van der Waals surface area (Å²) < 4.78 is 45.5. The van der Waals surface area contributed by atoms with Crippen LogP contribution in [0, 0.1) is 6.92 Å². The molecule has 2 aromatic heterocycles. The minimum atomic E-state index is -4.63. The number of alkyl halides is 3. The van der Waals surface area contributed by atoms with Gasteiger partial charge in [0, 0.05) is 30.4 Å². The first-order chi connectivity index (χ1) is 18.0. The lowest BCUT2D eigenvalue weighted by molar-refractivity contribution is -0.137. The summed E-state index contributed by atoms with van der Waals surface area (Å²) in [5.41, 5.74) is -1.83. The monoisotopic (exact) mass is 568 g/mol. The maximum atomic E-state index is 13.4. The van der Waals surface area contributed by atoms with Gasteiger partial charge in [-0.05, 0) is 31.2 Å². The van der Waals surface area contributed by atoms with Crippen molar-refractivity contribution < 1.29 is 27.5 Å². The van der Waals surface area contributed by atoms with E-state index in [1.165, 1.54) is 36.8 Å². The highest BCUT2D eigenvalue weighted by molar-refractivity contribution is 6.31. The van der Waals surface area contributed by atoms with E-state index in [4.69, 9.17) is 27.9 Å². The van der Waals surface area contributed by atoms with Crippen molar-refractivity contribution in [2.24, 2.45) is 0 Å². The summed E-state index contributed by atoms with van der Waals surface area (Å²) in [4.78, 5) is 37.9. The zero-order chi connectivity index (χ0) is 27.5. The highest BCUT2D eigenvalue weighted by Crippen LogP contribution is 2.38. The van der Waals surface area contributed by atoms with Crippen molar-refractivity contribution in [2.75, 3.05) is 18.5 Å². The highest BCUT2D eigenvalue weighted by atomic mass is 35.5. The second-order valence-electron chi connectivity index (χ2n) is 8.51. The van der Waals surface area contributed by atoms with Gasteiger partial charge in [0.25, 0.3) is 5.91 Å². The largest absolute Gasteiger partial charge is 0.418 e. The maximum absolute atomic E-state index is 13.4. The highest BCUT2D eigenvalue weighted by Gasteiger charge is 2.44. The zero-order valence-corrected chi connectivity index (χ0v) is 21.3. The summed E-state index contributed by atoms with van der Waals surface area (Å²) in [5.74, 6) is -0.539. The molecule has 3 N–H and O–H groups in total. The van der Waals surface area contributed by atoms with Crippen LogP contribution >= 0.6 is 23.2 Å². The molecular formula is C24H21Cl2F3N6O3. The van der Waals surface area contributed by atoms with Crippen molar-refractivity contribution in [3.8, 4) is 0 Å². The molecule has 2 amide bonds. The molecule has 14 heteroatoms. The quantitative estimate of drug-likeness (QED) is 0.385. The molecular weight excluding hydrogens is 548 g/mol. The van der Waals surface area contributed by atoms with Crippen LogP contribution in [0.5, 0.6) is 0 Å². The molecule has 3 aromatic rings. The van der Waals surface area contributed by atoms with E-state index < -0.39 is 29.1 Å². The number of carbonyl (C=O) groups is 2. The Morgan fingerprint density at radius 2 is 1.84 bits per heavy atom. The summed E-state index contributed by atoms with van der Waals surface area (Å²) in [6.07, 6.45) is -0.379. The molecule has 1 atom stereocenters. The van der Waals surface area contributed by atoms with Crippen LogP contribution in [-0.4, -0.2) is 45.5 Å². The molecule has 0 bridgehead atoms. The number of pyridine rings is 1. The van der Waals surface area contributed by atoms with Crippen LogP contribution in [0.15, 0.2) is 42.9 Å². The van der Waals surface area contributed by atoms with Crippen molar-refractivity contribution in [1.29, 1.82) is 0 Å². The van der Waals surface area contributed by atoms with Gasteiger partial charge < -0.3 is 20.7 Å². The molecule has 0 saturated carbocycles. The smallest absolute Gasteiger partial charge is 0.378 e. The first kappa shape index (κ1) is 27.6. The summed E-state index contributed by atoms with van der Waals surface area (Å²) in [5, 5.41) is 8.11. The molecule has 1 fully saturated rings. The fourth-order valence-electron chi connectivity index (χ4n) is 3.71. The zero-order valence-electron chi connectivity index (χ0n) is 19.8. The summed E-state index contributed by atoms with van der Waals surface area (Å²) in [7, 11) is 0. The number of rotatable bonds is 7. The molecule has 3 heterocycles. The third kappa shape index (κ3) is 6.32. The molecule has 9 nitrogen and oxygen atoms in total. The first-order valence-corrected chi connectivity index (χ1v) is 12.0. The Bertz CT molecular complexity index is 1350. The fraction of sp³-hybridized carbons (Fsp3) is 0.292. The van der Waals surface area contributed by atoms with Crippen LogP contribution in [0.1, 0.15) is 33.9 Å². The number of carbonyl (C=O) groups excluding carboxylic acids is 2. The average molecular weight is 569 g/mol. The summed E-state index contributed by atoms with van der Waals surface area (Å²) >= 11 is 12.0. The van der Waals surface area contributed by atoms with E-state index in [1.54, 1.807) is 6.92 Å². The number of nitrogens with zero attached hydrogens (tertiary/aromatic N) is 3. The van der Waals surface area contributed by atoms with Crippen LogP contribution in [0.4, 0.5) is 24.5 Å². The molecule has 0 spiro atoms. The number of hydrogen-bond donors (Lipinski definition) is 3. The second-order valence-corrected chi connectivity index (χ2v) is 9.35. The number of amides is 2. The molecule has 1 aliphatic heterocycles. The van der Waals surface area contributed by atoms with Crippen LogP contribution in [0.2, 0.25) is 10.0 Å². The first-order valence-electron chi connectivity index (χ1n) is 11.2. The lowest BCUT2D eigenvalue weighted by Gasteiger charge is -2.27. The van der Waals surface area contributed by atoms with E-state index in [0.717, 1.165) is 6.07 Å². The number of nitrogens with one attached hydrogen (secondary N) is 3. The minimum absolute atomic E-state index is 0.0378. The molecule has 0 radical (unpaired) electrons. The second kappa shape index (κ2) is 11.1. The Morgan fingerprint density at radius 3 is 2.47 bits per heavy atom. The van der Waals surface area contributed by atoms with Crippen molar-refractivity contribution in [2.45, 2.75) is 31.6 Å². The van der Waals surface area contributed by atoms with Crippen LogP contribution in [-0.2, 0) is 22.3 Å². The number of benzene rings is 1. The van der Waals surface area contributed by atoms with Crippen molar-refractivity contribution >= 4 is 46.4 Å². The van der Waals surface area contributed by atoms with Crippen molar-refractivity contribution in [3.63, 3.8) is 0 Å². The van der Waals surface area contributed by atoms with Gasteiger partial charge in [0.2, 0.25) is 5.91 Å². The average Bonchev–Trinajstić information content (AvgIpc) is 3.34. The van der Waals surface area contributed by atoms with Crippen molar-refractivity contribution in [3.05, 3.63) is 75.5 Å². The number of ether oxygens (including phenoxy) is 1. The Hall–Kier alpha value is -3.48. The van der Waals surface area contributed by atoms with Gasteiger partial charge >= 0.3 is 6.18 Å². The van der Waals surface area contributed by atoms with Gasteiger partial charge in [-0.25, -0.2) is 9.97 Å². The number of aromatic nitrogens is 3. The topological polar surface area (TPSA) is 118 Å².